The number of nitrogens with zero attached hydrogens (tertiary/aromatic N) is 3. The number of hydrogen-bond acceptors (Lipinski definition) is 6. The van der Waals surface area contributed by atoms with Crippen molar-refractivity contribution in [3.8, 4) is 0 Å². The summed E-state index contributed by atoms with van der Waals surface area (Å²) in [6, 6.07) is -0.529. The van der Waals surface area contributed by atoms with Crippen LogP contribution in [0.5, 0.6) is 0 Å². The summed E-state index contributed by atoms with van der Waals surface area (Å²) >= 11 is 1.12. The van der Waals surface area contributed by atoms with Crippen molar-refractivity contribution in [2.45, 2.75) is 52.7 Å². The Morgan fingerprint density at radius 3 is 2.60 bits per heavy atom. The molecule has 2 heterocycles. The van der Waals surface area contributed by atoms with Gasteiger partial charge in [-0.15, -0.1) is 0 Å². The molecular weight excluding hydrogens is 340 g/mol. The highest BCUT2D eigenvalue weighted by Gasteiger charge is 2.40. The van der Waals surface area contributed by atoms with Crippen molar-refractivity contribution < 1.29 is 14.3 Å². The van der Waals surface area contributed by atoms with Gasteiger partial charge in [-0.05, 0) is 41.0 Å². The molecule has 136 valence electrons. The topological polar surface area (TPSA) is 84.4 Å². The molecule has 0 saturated carbocycles. The molecule has 2 amide bonds. The first kappa shape index (κ1) is 19.1. The summed E-state index contributed by atoms with van der Waals surface area (Å²) in [5, 5.41) is 3.15. The van der Waals surface area contributed by atoms with Gasteiger partial charge >= 0.3 is 6.09 Å². The van der Waals surface area contributed by atoms with Gasteiger partial charge in [0.15, 0.2) is 5.82 Å². The molecule has 25 heavy (non-hydrogen) atoms. The minimum absolute atomic E-state index is 0.270. The fraction of sp³-hybridized carbons (Fsp3) is 0.529. The minimum atomic E-state index is -0.586. The number of amides is 2. The second-order valence-corrected chi connectivity index (χ2v) is 7.39. The van der Waals surface area contributed by atoms with Gasteiger partial charge in [0, 0.05) is 23.7 Å². The first-order valence-electron chi connectivity index (χ1n) is 8.18. The van der Waals surface area contributed by atoms with Gasteiger partial charge in [0.25, 0.3) is 0 Å². The van der Waals surface area contributed by atoms with Crippen molar-refractivity contribution in [3.63, 3.8) is 0 Å². The number of nitrogens with one attached hydrogen (secondary N) is 1. The molecule has 0 aliphatic carbocycles. The van der Waals surface area contributed by atoms with E-state index in [1.54, 1.807) is 20.8 Å². The molecule has 0 unspecified atom stereocenters. The third-order valence-corrected chi connectivity index (χ3v) is 4.15. The number of anilines is 1. The van der Waals surface area contributed by atoms with E-state index in [4.69, 9.17) is 4.74 Å². The maximum Gasteiger partial charge on any atom is 0.410 e. The zero-order chi connectivity index (χ0) is 18.6. The Morgan fingerprint density at radius 1 is 1.36 bits per heavy atom. The van der Waals surface area contributed by atoms with Crippen molar-refractivity contribution >= 4 is 34.2 Å². The molecule has 1 fully saturated rings. The Hall–Kier alpha value is -2.22. The normalized spacial score (nSPS) is 18.2. The molecule has 1 aromatic rings. The van der Waals surface area contributed by atoms with Crippen molar-refractivity contribution in [2.24, 2.45) is 0 Å². The van der Waals surface area contributed by atoms with Crippen LogP contribution in [0.25, 0.3) is 5.57 Å². The maximum absolute atomic E-state index is 12.4. The maximum atomic E-state index is 12.4. The highest BCUT2D eigenvalue weighted by atomic mass is 32.1. The molecule has 1 aromatic heterocycles. The summed E-state index contributed by atoms with van der Waals surface area (Å²) in [6.45, 7) is 9.73. The summed E-state index contributed by atoms with van der Waals surface area (Å²) in [5.74, 6) is 0.298. The van der Waals surface area contributed by atoms with E-state index in [0.717, 1.165) is 17.1 Å². The van der Waals surface area contributed by atoms with E-state index in [1.807, 2.05) is 32.1 Å². The number of rotatable bonds is 4. The molecule has 8 heteroatoms. The second-order valence-electron chi connectivity index (χ2n) is 6.63. The van der Waals surface area contributed by atoms with Gasteiger partial charge in [0.1, 0.15) is 11.6 Å². The van der Waals surface area contributed by atoms with E-state index in [9.17, 15) is 9.59 Å². The zero-order valence-corrected chi connectivity index (χ0v) is 16.0. The first-order valence-corrected chi connectivity index (χ1v) is 8.96. The van der Waals surface area contributed by atoms with Gasteiger partial charge in [-0.3, -0.25) is 15.0 Å². The Labute approximate surface area is 151 Å². The summed E-state index contributed by atoms with van der Waals surface area (Å²) in [5.41, 5.74) is 0.301. The van der Waals surface area contributed by atoms with Crippen LogP contribution in [0.1, 0.15) is 46.9 Å². The molecule has 7 nitrogen and oxygen atoms in total. The molecule has 1 aliphatic heterocycles. The Kier molecular flexibility index (Phi) is 5.94. The average Bonchev–Trinajstić information content (AvgIpc) is 2.89. The van der Waals surface area contributed by atoms with Crippen LogP contribution in [-0.2, 0) is 9.53 Å². The largest absolute Gasteiger partial charge is 0.444 e. The SMILES string of the molecule is C/C=C\C(=C/C)c1nsc(NC(=O)[C@@H]2CCN2C(=O)OC(C)(C)C)n1. The third kappa shape index (κ3) is 4.88. The van der Waals surface area contributed by atoms with E-state index in [2.05, 4.69) is 14.7 Å². The fourth-order valence-corrected chi connectivity index (χ4v) is 2.85. The van der Waals surface area contributed by atoms with E-state index in [-0.39, 0.29) is 5.91 Å². The summed E-state index contributed by atoms with van der Waals surface area (Å²) in [6.07, 6.45) is 5.85. The van der Waals surface area contributed by atoms with E-state index in [0.29, 0.717) is 23.9 Å². The van der Waals surface area contributed by atoms with Crippen molar-refractivity contribution in [2.75, 3.05) is 11.9 Å². The number of likely N-dealkylation sites (tertiary alicyclic amines) is 1. The highest BCUT2D eigenvalue weighted by Crippen LogP contribution is 2.24. The van der Waals surface area contributed by atoms with Crippen molar-refractivity contribution in [3.05, 3.63) is 24.1 Å². The van der Waals surface area contributed by atoms with Crippen LogP contribution in [-0.4, -0.2) is 44.4 Å². The van der Waals surface area contributed by atoms with Crippen molar-refractivity contribution in [1.82, 2.24) is 14.3 Å². The van der Waals surface area contributed by atoms with Crippen LogP contribution in [0.2, 0.25) is 0 Å². The van der Waals surface area contributed by atoms with Crippen molar-refractivity contribution in [1.29, 1.82) is 0 Å². The van der Waals surface area contributed by atoms with E-state index in [1.165, 1.54) is 4.90 Å². The Morgan fingerprint density at radius 2 is 2.08 bits per heavy atom. The lowest BCUT2D eigenvalue weighted by molar-refractivity contribution is -0.125. The number of hydrogen-bond donors (Lipinski definition) is 1. The molecular formula is C17H24N4O3S. The lowest BCUT2D eigenvalue weighted by atomic mass is 10.0. The molecule has 1 N–H and O–H groups in total. The van der Waals surface area contributed by atoms with Gasteiger partial charge in [-0.25, -0.2) is 4.79 Å². The predicted molar refractivity (Wildman–Crippen MR) is 98.3 cm³/mol. The summed E-state index contributed by atoms with van der Waals surface area (Å²) < 4.78 is 9.57. The third-order valence-electron chi connectivity index (χ3n) is 3.52. The average molecular weight is 364 g/mol. The smallest absolute Gasteiger partial charge is 0.410 e. The van der Waals surface area contributed by atoms with Crippen LogP contribution in [0.4, 0.5) is 9.93 Å². The van der Waals surface area contributed by atoms with Crippen LogP contribution in [0.15, 0.2) is 18.2 Å². The van der Waals surface area contributed by atoms with Crippen LogP contribution in [0.3, 0.4) is 0 Å². The van der Waals surface area contributed by atoms with Crippen LogP contribution < -0.4 is 5.32 Å². The van der Waals surface area contributed by atoms with Crippen LogP contribution >= 0.6 is 11.5 Å². The van der Waals surface area contributed by atoms with Gasteiger partial charge in [0.2, 0.25) is 11.0 Å². The van der Waals surface area contributed by atoms with E-state index >= 15 is 0 Å². The van der Waals surface area contributed by atoms with Gasteiger partial charge < -0.3 is 4.74 Å². The predicted octanol–water partition coefficient (Wildman–Crippen LogP) is 3.47. The lowest BCUT2D eigenvalue weighted by Crippen LogP contribution is -2.57. The van der Waals surface area contributed by atoms with Gasteiger partial charge in [0.05, 0.1) is 0 Å². The molecule has 0 radical (unpaired) electrons. The van der Waals surface area contributed by atoms with Crippen LogP contribution in [0, 0.1) is 0 Å². The quantitative estimate of drug-likeness (QED) is 0.827. The number of carbonyl (C=O) groups excluding carboxylic acids is 2. The molecule has 2 rings (SSSR count). The first-order chi connectivity index (χ1) is 11.7. The molecule has 1 saturated heterocycles. The zero-order valence-electron chi connectivity index (χ0n) is 15.2. The number of aromatic nitrogens is 2. The van der Waals surface area contributed by atoms with Gasteiger partial charge in [-0.2, -0.15) is 9.36 Å². The Bertz CT molecular complexity index is 703. The monoisotopic (exact) mass is 364 g/mol. The lowest BCUT2D eigenvalue weighted by Gasteiger charge is -2.39. The number of allylic oxidation sites excluding steroid dienone is 4. The molecule has 0 spiro atoms. The molecule has 1 aliphatic rings. The molecule has 0 bridgehead atoms. The minimum Gasteiger partial charge on any atom is -0.444 e. The van der Waals surface area contributed by atoms with Gasteiger partial charge in [-0.1, -0.05) is 18.2 Å². The summed E-state index contributed by atoms with van der Waals surface area (Å²) in [4.78, 5) is 30.3. The fourth-order valence-electron chi connectivity index (χ4n) is 2.26. The standard InChI is InChI=1S/C17H24N4O3S/c1-6-8-11(7-2)13-18-15(25-20-13)19-14(22)12-9-10-21(12)16(23)24-17(3,4)5/h6-8,12H,9-10H2,1-5H3,(H,18,19,20,22)/b8-6-,11-7+/t12-/m0/s1. The molecule has 1 atom stereocenters. The number of carbonyl (C=O) groups is 2. The van der Waals surface area contributed by atoms with E-state index < -0.39 is 17.7 Å². The molecule has 0 aromatic carbocycles. The summed E-state index contributed by atoms with van der Waals surface area (Å²) in [7, 11) is 0. The number of ether oxygens (including phenoxy) is 1. The Balaban J connectivity index is 1.99. The highest BCUT2D eigenvalue weighted by molar-refractivity contribution is 7.10. The second kappa shape index (κ2) is 7.77.